The maximum Gasteiger partial charge on any atom is 0.277 e. The van der Waals surface area contributed by atoms with Crippen LogP contribution in [-0.2, 0) is 14.8 Å². The number of nitrogens with zero attached hydrogens (tertiary/aromatic N) is 2. The average molecular weight is 333 g/mol. The van der Waals surface area contributed by atoms with Gasteiger partial charge in [-0.05, 0) is 42.5 Å². The van der Waals surface area contributed by atoms with Gasteiger partial charge < -0.3 is 4.90 Å². The fourth-order valence-corrected chi connectivity index (χ4v) is 2.84. The monoisotopic (exact) mass is 333 g/mol. The number of fused-ring (bicyclic) bond motifs is 1. The zero-order chi connectivity index (χ0) is 16.8. The smallest absolute Gasteiger partial charge is 0.277 e. The highest BCUT2D eigenvalue weighted by Gasteiger charge is 2.31. The van der Waals surface area contributed by atoms with Gasteiger partial charge in [0.15, 0.2) is 0 Å². The minimum atomic E-state index is -3.79. The molecule has 1 aliphatic heterocycles. The first-order valence-electron chi connectivity index (χ1n) is 6.57. The number of aliphatic imine (C=N–C) groups is 1. The van der Waals surface area contributed by atoms with Crippen molar-refractivity contribution < 1.29 is 17.6 Å². The Bertz CT molecular complexity index is 937. The van der Waals surface area contributed by atoms with Crippen LogP contribution in [0.3, 0.4) is 0 Å². The second-order valence-electron chi connectivity index (χ2n) is 5.02. The summed E-state index contributed by atoms with van der Waals surface area (Å²) in [7, 11) is -2.22. The van der Waals surface area contributed by atoms with Crippen molar-refractivity contribution in [2.75, 3.05) is 11.9 Å². The van der Waals surface area contributed by atoms with Gasteiger partial charge >= 0.3 is 0 Å². The number of hydrogen-bond donors (Lipinski definition) is 1. The van der Waals surface area contributed by atoms with Crippen LogP contribution >= 0.6 is 0 Å². The molecule has 8 heteroatoms. The average Bonchev–Trinajstić information content (AvgIpc) is 2.72. The van der Waals surface area contributed by atoms with E-state index in [0.717, 1.165) is 0 Å². The van der Waals surface area contributed by atoms with Crippen molar-refractivity contribution in [1.82, 2.24) is 0 Å². The molecule has 0 radical (unpaired) electrons. The van der Waals surface area contributed by atoms with Gasteiger partial charge in [0.25, 0.3) is 5.91 Å². The number of likely N-dealkylation sites (N-methyl/N-ethyl adjacent to an activating group) is 1. The molecule has 0 atom stereocenters. The molecule has 2 aromatic carbocycles. The number of hydrogen-bond acceptors (Lipinski definition) is 4. The van der Waals surface area contributed by atoms with Crippen molar-refractivity contribution in [3.63, 3.8) is 0 Å². The van der Waals surface area contributed by atoms with Gasteiger partial charge in [0.05, 0.1) is 16.3 Å². The maximum absolute atomic E-state index is 13.4. The number of anilines is 1. The third kappa shape index (κ3) is 2.73. The normalized spacial score (nSPS) is 16.0. The van der Waals surface area contributed by atoms with E-state index in [4.69, 9.17) is 5.14 Å². The first kappa shape index (κ1) is 15.3. The lowest BCUT2D eigenvalue weighted by Crippen LogP contribution is -2.25. The van der Waals surface area contributed by atoms with Gasteiger partial charge in [-0.1, -0.05) is 0 Å². The molecule has 0 spiro atoms. The van der Waals surface area contributed by atoms with Crippen LogP contribution in [0.1, 0.15) is 5.56 Å². The number of carbonyl (C=O) groups excluding carboxylic acids is 1. The topological polar surface area (TPSA) is 92.8 Å². The Morgan fingerprint density at radius 2 is 1.78 bits per heavy atom. The second-order valence-corrected chi connectivity index (χ2v) is 6.59. The van der Waals surface area contributed by atoms with Gasteiger partial charge in [-0.25, -0.2) is 22.9 Å². The van der Waals surface area contributed by atoms with E-state index >= 15 is 0 Å². The van der Waals surface area contributed by atoms with Crippen LogP contribution in [0.25, 0.3) is 0 Å². The quantitative estimate of drug-likeness (QED) is 0.904. The lowest BCUT2D eigenvalue weighted by atomic mass is 10.1. The van der Waals surface area contributed by atoms with Gasteiger partial charge in [0.1, 0.15) is 11.5 Å². The summed E-state index contributed by atoms with van der Waals surface area (Å²) in [6, 6.07) is 9.47. The van der Waals surface area contributed by atoms with Crippen molar-refractivity contribution in [3.8, 4) is 0 Å². The van der Waals surface area contributed by atoms with E-state index in [9.17, 15) is 17.6 Å². The Kier molecular flexibility index (Phi) is 3.50. The molecule has 1 aliphatic rings. The largest absolute Gasteiger partial charge is 0.309 e. The van der Waals surface area contributed by atoms with E-state index in [2.05, 4.69) is 4.99 Å². The molecule has 0 fully saturated rings. The third-order valence-corrected chi connectivity index (χ3v) is 4.42. The molecule has 0 aliphatic carbocycles. The summed E-state index contributed by atoms with van der Waals surface area (Å²) in [5.74, 6) is -0.828. The third-order valence-electron chi connectivity index (χ3n) is 3.49. The van der Waals surface area contributed by atoms with E-state index in [-0.39, 0.29) is 16.5 Å². The first-order valence-corrected chi connectivity index (χ1v) is 8.11. The summed E-state index contributed by atoms with van der Waals surface area (Å²) in [6.45, 7) is 0. The Morgan fingerprint density at radius 1 is 1.13 bits per heavy atom. The van der Waals surface area contributed by atoms with E-state index < -0.39 is 15.8 Å². The van der Waals surface area contributed by atoms with Crippen molar-refractivity contribution in [2.45, 2.75) is 4.90 Å². The highest BCUT2D eigenvalue weighted by Crippen LogP contribution is 2.30. The van der Waals surface area contributed by atoms with Gasteiger partial charge in [0.2, 0.25) is 10.0 Å². The summed E-state index contributed by atoms with van der Waals surface area (Å²) < 4.78 is 35.9. The first-order chi connectivity index (χ1) is 10.8. The number of amides is 1. The molecular formula is C15H12FN3O3S. The molecule has 0 unspecified atom stereocenters. The number of carbonyl (C=O) groups is 1. The van der Waals surface area contributed by atoms with Crippen molar-refractivity contribution >= 4 is 33.0 Å². The lowest BCUT2D eigenvalue weighted by Gasteiger charge is -2.07. The van der Waals surface area contributed by atoms with Crippen LogP contribution in [0, 0.1) is 5.82 Å². The number of rotatable bonds is 2. The summed E-state index contributed by atoms with van der Waals surface area (Å²) in [4.78, 5) is 17.8. The predicted octanol–water partition coefficient (Wildman–Crippen LogP) is 1.57. The van der Waals surface area contributed by atoms with Gasteiger partial charge in [0, 0.05) is 12.6 Å². The molecule has 23 heavy (non-hydrogen) atoms. The maximum atomic E-state index is 13.4. The standard InChI is InChI=1S/C15H12FN3O3S/c1-19-13-7-2-9(16)8-12(13)14(15(19)20)18-10-3-5-11(6-4-10)23(17,21)22/h2-8H,1H3,(H2,17,21,22). The zero-order valence-corrected chi connectivity index (χ0v) is 12.8. The molecule has 3 rings (SSSR count). The number of sulfonamides is 1. The second kappa shape index (κ2) is 5.25. The molecule has 6 nitrogen and oxygen atoms in total. The van der Waals surface area contributed by atoms with Crippen LogP contribution in [-0.4, -0.2) is 27.1 Å². The minimum absolute atomic E-state index is 0.0530. The molecular weight excluding hydrogens is 321 g/mol. The predicted molar refractivity (Wildman–Crippen MR) is 83.8 cm³/mol. The summed E-state index contributed by atoms with van der Waals surface area (Å²) in [6.07, 6.45) is 0. The Morgan fingerprint density at radius 3 is 2.39 bits per heavy atom. The van der Waals surface area contributed by atoms with Gasteiger partial charge in [-0.3, -0.25) is 4.79 Å². The van der Waals surface area contributed by atoms with Crippen LogP contribution in [0.15, 0.2) is 52.4 Å². The fraction of sp³-hybridized carbons (Fsp3) is 0.0667. The molecule has 1 heterocycles. The van der Waals surface area contributed by atoms with E-state index in [1.165, 1.54) is 47.4 Å². The minimum Gasteiger partial charge on any atom is -0.309 e. The van der Waals surface area contributed by atoms with Gasteiger partial charge in [-0.2, -0.15) is 0 Å². The number of primary sulfonamides is 1. The Hall–Kier alpha value is -2.58. The summed E-state index contributed by atoms with van der Waals surface area (Å²) >= 11 is 0. The summed E-state index contributed by atoms with van der Waals surface area (Å²) in [5.41, 5.74) is 1.43. The number of halogens is 1. The molecule has 0 aromatic heterocycles. The number of nitrogens with two attached hydrogens (primary N) is 1. The van der Waals surface area contributed by atoms with Crippen molar-refractivity contribution in [1.29, 1.82) is 0 Å². The summed E-state index contributed by atoms with van der Waals surface area (Å²) in [5, 5.41) is 5.02. The van der Waals surface area contributed by atoms with Crippen LogP contribution in [0.2, 0.25) is 0 Å². The Balaban J connectivity index is 2.07. The van der Waals surface area contributed by atoms with Crippen molar-refractivity contribution in [3.05, 3.63) is 53.8 Å². The SMILES string of the molecule is CN1C(=O)C(=Nc2ccc(S(N)(=O)=O)cc2)c2cc(F)ccc21. The van der Waals surface area contributed by atoms with E-state index in [1.807, 2.05) is 0 Å². The highest BCUT2D eigenvalue weighted by molar-refractivity contribution is 7.89. The zero-order valence-electron chi connectivity index (χ0n) is 12.0. The molecule has 1 amide bonds. The molecule has 118 valence electrons. The number of benzene rings is 2. The van der Waals surface area contributed by atoms with Crippen LogP contribution < -0.4 is 10.0 Å². The molecule has 0 saturated heterocycles. The molecule has 0 saturated carbocycles. The lowest BCUT2D eigenvalue weighted by molar-refractivity contribution is -0.111. The molecule has 0 bridgehead atoms. The van der Waals surface area contributed by atoms with Gasteiger partial charge in [-0.15, -0.1) is 0 Å². The fourth-order valence-electron chi connectivity index (χ4n) is 2.32. The Labute approximate surface area is 132 Å². The highest BCUT2D eigenvalue weighted by atomic mass is 32.2. The molecule has 2 N–H and O–H groups in total. The van der Waals surface area contributed by atoms with E-state index in [1.54, 1.807) is 7.05 Å². The van der Waals surface area contributed by atoms with Crippen LogP contribution in [0.4, 0.5) is 15.8 Å². The van der Waals surface area contributed by atoms with Crippen molar-refractivity contribution in [2.24, 2.45) is 10.1 Å². The van der Waals surface area contributed by atoms with E-state index in [0.29, 0.717) is 16.9 Å². The molecule has 2 aromatic rings. The van der Waals surface area contributed by atoms with Crippen LogP contribution in [0.5, 0.6) is 0 Å².